The van der Waals surface area contributed by atoms with Crippen LogP contribution in [0.3, 0.4) is 0 Å². The Labute approximate surface area is 330 Å². The molecule has 0 unspecified atom stereocenters. The van der Waals surface area contributed by atoms with Crippen molar-refractivity contribution in [2.45, 2.75) is 61.5 Å². The molecule has 14 heteroatoms. The Morgan fingerprint density at radius 1 is 0.839 bits per heavy atom. The third-order valence-electron chi connectivity index (χ3n) is 9.62. The number of sulfonamides is 1. The van der Waals surface area contributed by atoms with Gasteiger partial charge in [-0.15, -0.1) is 5.10 Å². The Morgan fingerprint density at radius 3 is 2.18 bits per heavy atom. The number of aromatic nitrogens is 4. The van der Waals surface area contributed by atoms with Gasteiger partial charge < -0.3 is 19.9 Å². The van der Waals surface area contributed by atoms with Crippen molar-refractivity contribution < 1.29 is 27.8 Å². The number of nitrogens with zero attached hydrogens (tertiary/aromatic N) is 4. The van der Waals surface area contributed by atoms with Crippen molar-refractivity contribution in [3.8, 4) is 5.69 Å². The van der Waals surface area contributed by atoms with E-state index < -0.39 is 28.3 Å². The second kappa shape index (κ2) is 17.7. The van der Waals surface area contributed by atoms with E-state index in [0.29, 0.717) is 16.6 Å². The zero-order valence-corrected chi connectivity index (χ0v) is 32.4. The molecular formula is C42H42N6O6S2. The summed E-state index contributed by atoms with van der Waals surface area (Å²) in [5.74, 6) is -0.0317. The van der Waals surface area contributed by atoms with Gasteiger partial charge in [-0.3, -0.25) is 4.79 Å². The molecular weight excluding hydrogens is 749 g/mol. The van der Waals surface area contributed by atoms with Crippen molar-refractivity contribution in [2.75, 3.05) is 11.1 Å². The fourth-order valence-corrected chi connectivity index (χ4v) is 8.68. The number of carbonyl (C=O) groups excluding carboxylic acids is 1. The Morgan fingerprint density at radius 2 is 1.50 bits per heavy atom. The summed E-state index contributed by atoms with van der Waals surface area (Å²) in [6, 6.07) is 39.2. The number of para-hydroxylation sites is 1. The lowest BCUT2D eigenvalue weighted by Gasteiger charge is -2.41. The third-order valence-corrected chi connectivity index (χ3v) is 12.1. The topological polar surface area (TPSA) is 158 Å². The van der Waals surface area contributed by atoms with Crippen LogP contribution in [0.4, 0.5) is 5.69 Å². The maximum absolute atomic E-state index is 13.8. The monoisotopic (exact) mass is 790 g/mol. The minimum absolute atomic E-state index is 0.0585. The molecule has 1 aromatic heterocycles. The Kier molecular flexibility index (Phi) is 12.3. The molecule has 2 heterocycles. The van der Waals surface area contributed by atoms with E-state index in [2.05, 4.69) is 32.5 Å². The van der Waals surface area contributed by atoms with E-state index in [4.69, 9.17) is 9.47 Å². The Hall–Kier alpha value is -5.22. The smallest absolute Gasteiger partial charge is 0.242 e. The molecule has 0 saturated carbocycles. The zero-order chi connectivity index (χ0) is 39.1. The van der Waals surface area contributed by atoms with Crippen LogP contribution in [-0.2, 0) is 37.3 Å². The van der Waals surface area contributed by atoms with Gasteiger partial charge in [-0.05, 0) is 76.9 Å². The van der Waals surface area contributed by atoms with E-state index in [-0.39, 0.29) is 36.0 Å². The number of carbonyl (C=O) groups is 1. The lowest BCUT2D eigenvalue weighted by atomic mass is 9.91. The molecule has 0 aliphatic carbocycles. The minimum Gasteiger partial charge on any atom is -0.392 e. The van der Waals surface area contributed by atoms with Gasteiger partial charge in [0, 0.05) is 22.9 Å². The summed E-state index contributed by atoms with van der Waals surface area (Å²) in [7, 11) is -4.00. The highest BCUT2D eigenvalue weighted by molar-refractivity contribution is 7.99. The Balaban J connectivity index is 1.09. The van der Waals surface area contributed by atoms with Crippen molar-refractivity contribution in [1.29, 1.82) is 0 Å². The summed E-state index contributed by atoms with van der Waals surface area (Å²) in [6.45, 7) is 3.90. The van der Waals surface area contributed by atoms with Crippen molar-refractivity contribution in [3.05, 3.63) is 161 Å². The van der Waals surface area contributed by atoms with E-state index in [9.17, 15) is 18.3 Å². The average molecular weight is 791 g/mol. The van der Waals surface area contributed by atoms with Crippen LogP contribution in [0.1, 0.15) is 47.1 Å². The lowest BCUT2D eigenvalue weighted by molar-refractivity contribution is -0.268. The number of aryl methyl sites for hydroxylation is 1. The van der Waals surface area contributed by atoms with E-state index in [0.717, 1.165) is 33.5 Å². The number of tetrazole rings is 1. The van der Waals surface area contributed by atoms with Crippen LogP contribution in [0, 0.1) is 12.8 Å². The van der Waals surface area contributed by atoms with Crippen molar-refractivity contribution in [2.24, 2.45) is 5.92 Å². The van der Waals surface area contributed by atoms with Gasteiger partial charge in [-0.2, -0.15) is 9.40 Å². The molecule has 12 nitrogen and oxygen atoms in total. The summed E-state index contributed by atoms with van der Waals surface area (Å²) in [5, 5.41) is 25.5. The number of aliphatic hydroxyl groups excluding tert-OH is 1. The molecule has 1 amide bonds. The molecule has 0 spiro atoms. The molecule has 5 aromatic carbocycles. The normalized spacial score (nSPS) is 19.0. The predicted octanol–water partition coefficient (Wildman–Crippen LogP) is 6.58. The molecule has 1 aliphatic heterocycles. The quantitative estimate of drug-likeness (QED) is 0.103. The van der Waals surface area contributed by atoms with Crippen LogP contribution in [0.5, 0.6) is 0 Å². The molecule has 56 heavy (non-hydrogen) atoms. The standard InChI is InChI=1S/C42H42N6O6S2/c1-28-13-23-36(24-14-28)56(51,52)45-37(25-30-9-5-3-6-10-30)40(50)43-34-21-19-33(20-22-34)41-53-38(29(2)39(54-41)32-17-15-31(26-49)16-18-32)27-55-42-44-46-47-48(42)35-11-7-4-8-12-35/h3-24,29,37-39,41,45,49H,25-27H2,1-2H3,(H,43,50)/t29-,37+,38+,39+,41+/m0/s1. The van der Waals surface area contributed by atoms with Gasteiger partial charge in [0.15, 0.2) is 6.29 Å². The first-order valence-corrected chi connectivity index (χ1v) is 20.6. The van der Waals surface area contributed by atoms with Crippen molar-refractivity contribution >= 4 is 33.4 Å². The third kappa shape index (κ3) is 9.41. The van der Waals surface area contributed by atoms with Gasteiger partial charge in [0.1, 0.15) is 6.04 Å². The van der Waals surface area contributed by atoms with Crippen LogP contribution in [0.15, 0.2) is 144 Å². The molecule has 0 bridgehead atoms. The molecule has 1 aliphatic rings. The fourth-order valence-electron chi connectivity index (χ4n) is 6.43. The first-order valence-electron chi connectivity index (χ1n) is 18.2. The summed E-state index contributed by atoms with van der Waals surface area (Å²) < 4.78 is 44.3. The number of aliphatic hydroxyl groups is 1. The van der Waals surface area contributed by atoms with E-state index in [1.807, 2.05) is 104 Å². The van der Waals surface area contributed by atoms with Crippen LogP contribution >= 0.6 is 11.8 Å². The number of nitrogens with one attached hydrogen (secondary N) is 2. The number of hydrogen-bond acceptors (Lipinski definition) is 10. The molecule has 1 fully saturated rings. The second-order valence-corrected chi connectivity index (χ2v) is 16.3. The first-order chi connectivity index (χ1) is 27.2. The number of rotatable bonds is 14. The van der Waals surface area contributed by atoms with Crippen LogP contribution in [0.2, 0.25) is 0 Å². The number of benzene rings is 5. The van der Waals surface area contributed by atoms with Gasteiger partial charge in [-0.25, -0.2) is 8.42 Å². The summed E-state index contributed by atoms with van der Waals surface area (Å²) >= 11 is 1.49. The Bertz CT molecular complexity index is 2310. The van der Waals surface area contributed by atoms with Gasteiger partial charge in [0.2, 0.25) is 21.1 Å². The molecule has 0 radical (unpaired) electrons. The molecule has 7 rings (SSSR count). The average Bonchev–Trinajstić information content (AvgIpc) is 3.70. The number of ether oxygens (including phenoxy) is 2. The maximum atomic E-state index is 13.8. The predicted molar refractivity (Wildman–Crippen MR) is 213 cm³/mol. The van der Waals surface area contributed by atoms with E-state index >= 15 is 0 Å². The largest absolute Gasteiger partial charge is 0.392 e. The fraction of sp³-hybridized carbons (Fsp3) is 0.238. The van der Waals surface area contributed by atoms with Crippen molar-refractivity contribution in [3.63, 3.8) is 0 Å². The first kappa shape index (κ1) is 39.0. The molecule has 3 N–H and O–H groups in total. The lowest BCUT2D eigenvalue weighted by Crippen LogP contribution is -2.45. The van der Waals surface area contributed by atoms with Crippen LogP contribution in [-0.4, -0.2) is 57.5 Å². The molecule has 6 aromatic rings. The molecule has 1 saturated heterocycles. The summed E-state index contributed by atoms with van der Waals surface area (Å²) in [4.78, 5) is 13.8. The van der Waals surface area contributed by atoms with Crippen LogP contribution < -0.4 is 10.0 Å². The molecule has 5 atom stereocenters. The van der Waals surface area contributed by atoms with Crippen molar-refractivity contribution in [1.82, 2.24) is 24.9 Å². The zero-order valence-electron chi connectivity index (χ0n) is 30.8. The van der Waals surface area contributed by atoms with Gasteiger partial charge >= 0.3 is 0 Å². The second-order valence-electron chi connectivity index (χ2n) is 13.6. The van der Waals surface area contributed by atoms with E-state index in [1.165, 1.54) is 23.9 Å². The van der Waals surface area contributed by atoms with Gasteiger partial charge in [0.25, 0.3) is 0 Å². The highest BCUT2D eigenvalue weighted by atomic mass is 32.2. The maximum Gasteiger partial charge on any atom is 0.242 e. The molecule has 288 valence electrons. The number of amides is 1. The van der Waals surface area contributed by atoms with E-state index in [1.54, 1.807) is 28.9 Å². The van der Waals surface area contributed by atoms with Crippen LogP contribution in [0.25, 0.3) is 5.69 Å². The highest BCUT2D eigenvalue weighted by Gasteiger charge is 2.39. The SMILES string of the molecule is Cc1ccc(S(=O)(=O)N[C@H](Cc2ccccc2)C(=O)Nc2ccc([C@@H]3O[C@H](CSc4nnnn4-c4ccccc4)[C@H](C)[C@H](c4ccc(CO)cc4)O3)cc2)cc1. The number of anilines is 1. The van der Waals surface area contributed by atoms with Gasteiger partial charge in [0.05, 0.1) is 29.4 Å². The van der Waals surface area contributed by atoms with Gasteiger partial charge in [-0.1, -0.05) is 121 Å². The summed E-state index contributed by atoms with van der Waals surface area (Å²) in [5.41, 5.74) is 5.55. The highest BCUT2D eigenvalue weighted by Crippen LogP contribution is 2.43. The number of hydrogen-bond donors (Lipinski definition) is 3. The number of thioether (sulfide) groups is 1. The summed E-state index contributed by atoms with van der Waals surface area (Å²) in [6.07, 6.45) is -1.21. The minimum atomic E-state index is -4.00.